The molecule has 2 aliphatic heterocycles. The van der Waals surface area contributed by atoms with Gasteiger partial charge in [0.15, 0.2) is 11.6 Å². The number of hydrogen-bond donors (Lipinski definition) is 2. The summed E-state index contributed by atoms with van der Waals surface area (Å²) in [7, 11) is 3.18. The predicted molar refractivity (Wildman–Crippen MR) is 115 cm³/mol. The molecule has 2 N–H and O–H groups in total. The van der Waals surface area contributed by atoms with Gasteiger partial charge in [0, 0.05) is 36.5 Å². The van der Waals surface area contributed by atoms with Gasteiger partial charge in [-0.1, -0.05) is 6.42 Å². The van der Waals surface area contributed by atoms with E-state index in [0.717, 1.165) is 6.54 Å². The van der Waals surface area contributed by atoms with Crippen LogP contribution in [0.3, 0.4) is 0 Å². The van der Waals surface area contributed by atoms with Crippen LogP contribution in [0.4, 0.5) is 21.8 Å². The van der Waals surface area contributed by atoms with Crippen molar-refractivity contribution in [2.75, 3.05) is 44.5 Å². The van der Waals surface area contributed by atoms with Gasteiger partial charge in [0.1, 0.15) is 11.5 Å². The minimum atomic E-state index is -0.444. The molecule has 2 atom stereocenters. The largest absolute Gasteiger partial charge is 0.497 e. The third-order valence-corrected chi connectivity index (χ3v) is 6.11. The number of fused-ring (bicyclic) bond motifs is 1. The summed E-state index contributed by atoms with van der Waals surface area (Å²) in [4.78, 5) is 11.1. The zero-order valence-corrected chi connectivity index (χ0v) is 17.7. The first-order chi connectivity index (χ1) is 14.7. The molecule has 30 heavy (non-hydrogen) atoms. The van der Waals surface area contributed by atoms with Gasteiger partial charge in [-0.2, -0.15) is 4.98 Å². The molecule has 0 amide bonds. The topological polar surface area (TPSA) is 71.5 Å². The van der Waals surface area contributed by atoms with Crippen molar-refractivity contribution in [3.8, 4) is 11.5 Å². The van der Waals surface area contributed by atoms with E-state index in [2.05, 4.69) is 25.5 Å². The predicted octanol–water partition coefficient (Wildman–Crippen LogP) is 4.05. The van der Waals surface area contributed by atoms with E-state index in [1.54, 1.807) is 20.3 Å². The Morgan fingerprint density at radius 2 is 1.83 bits per heavy atom. The third-order valence-electron chi connectivity index (χ3n) is 6.11. The van der Waals surface area contributed by atoms with Gasteiger partial charge in [0.05, 0.1) is 20.4 Å². The first-order valence-corrected chi connectivity index (χ1v) is 10.7. The molecule has 0 aliphatic carbocycles. The molecule has 2 fully saturated rings. The van der Waals surface area contributed by atoms with E-state index < -0.39 is 5.82 Å². The maximum absolute atomic E-state index is 14.4. The number of nitrogens with one attached hydrogen (secondary N) is 2. The lowest BCUT2D eigenvalue weighted by Gasteiger charge is -2.44. The number of piperidine rings is 2. The summed E-state index contributed by atoms with van der Waals surface area (Å²) in [6.45, 7) is 3.11. The molecule has 7 nitrogen and oxygen atoms in total. The highest BCUT2D eigenvalue weighted by atomic mass is 19.1. The second-order valence-electron chi connectivity index (χ2n) is 8.00. The maximum Gasteiger partial charge on any atom is 0.229 e. The summed E-state index contributed by atoms with van der Waals surface area (Å²) in [5.74, 6) is 1.92. The normalized spacial score (nSPS) is 21.6. The Bertz CT molecular complexity index is 841. The molecule has 1 aromatic carbocycles. The van der Waals surface area contributed by atoms with Gasteiger partial charge in [-0.05, 0) is 44.7 Å². The Balaban J connectivity index is 1.44. The van der Waals surface area contributed by atoms with Crippen LogP contribution in [0.15, 0.2) is 24.4 Å². The van der Waals surface area contributed by atoms with Crippen LogP contribution in [0.25, 0.3) is 0 Å². The van der Waals surface area contributed by atoms with Crippen molar-refractivity contribution < 1.29 is 13.9 Å². The summed E-state index contributed by atoms with van der Waals surface area (Å²) in [5.41, 5.74) is 0.703. The summed E-state index contributed by atoms with van der Waals surface area (Å²) in [6.07, 6.45) is 7.40. The number of rotatable bonds is 7. The number of benzene rings is 1. The zero-order valence-electron chi connectivity index (χ0n) is 17.7. The van der Waals surface area contributed by atoms with Crippen LogP contribution < -0.4 is 20.1 Å². The highest BCUT2D eigenvalue weighted by Gasteiger charge is 2.32. The van der Waals surface area contributed by atoms with Crippen LogP contribution in [-0.4, -0.2) is 54.8 Å². The lowest BCUT2D eigenvalue weighted by molar-refractivity contribution is 0.0648. The van der Waals surface area contributed by atoms with Crippen molar-refractivity contribution in [2.24, 2.45) is 5.92 Å². The van der Waals surface area contributed by atoms with Gasteiger partial charge in [0.25, 0.3) is 0 Å². The smallest absolute Gasteiger partial charge is 0.229 e. The van der Waals surface area contributed by atoms with E-state index in [4.69, 9.17) is 9.47 Å². The maximum atomic E-state index is 14.4. The average molecular weight is 416 g/mol. The summed E-state index contributed by atoms with van der Waals surface area (Å²) in [6, 6.07) is 6.00. The number of halogens is 1. The molecule has 4 rings (SSSR count). The highest BCUT2D eigenvalue weighted by molar-refractivity contribution is 5.60. The molecule has 8 heteroatoms. The van der Waals surface area contributed by atoms with Gasteiger partial charge in [-0.3, -0.25) is 0 Å². The van der Waals surface area contributed by atoms with E-state index in [-0.39, 0.29) is 5.82 Å². The minimum Gasteiger partial charge on any atom is -0.497 e. The minimum absolute atomic E-state index is 0.232. The molecule has 2 aliphatic rings. The van der Waals surface area contributed by atoms with Crippen molar-refractivity contribution in [1.29, 1.82) is 0 Å². The van der Waals surface area contributed by atoms with Crippen molar-refractivity contribution in [3.63, 3.8) is 0 Å². The monoisotopic (exact) mass is 415 g/mol. The molecule has 0 radical (unpaired) electrons. The number of hydrogen-bond acceptors (Lipinski definition) is 7. The molecule has 162 valence electrons. The first-order valence-electron chi connectivity index (χ1n) is 10.7. The standard InChI is InChI=1S/C22H30FN5O2/c1-29-17-10-16(11-18(12-17)30-2)26-22-25-14-19(23)21(27-22)24-13-15-6-5-9-28-8-4-3-7-20(15)28/h10-12,14-15,20H,3-9,13H2,1-2H3,(H2,24,25,26,27). The quantitative estimate of drug-likeness (QED) is 0.707. The lowest BCUT2D eigenvalue weighted by Crippen LogP contribution is -2.49. The van der Waals surface area contributed by atoms with Crippen molar-refractivity contribution in [2.45, 2.75) is 38.1 Å². The molecular weight excluding hydrogens is 385 g/mol. The van der Waals surface area contributed by atoms with Crippen LogP contribution in [0, 0.1) is 11.7 Å². The summed E-state index contributed by atoms with van der Waals surface area (Å²) >= 11 is 0. The number of methoxy groups -OCH3 is 2. The fourth-order valence-corrected chi connectivity index (χ4v) is 4.60. The SMILES string of the molecule is COc1cc(Nc2ncc(F)c(NCC3CCCN4CCCCC34)n2)cc(OC)c1. The molecular formula is C22H30FN5O2. The van der Waals surface area contributed by atoms with Crippen LogP contribution in [0.1, 0.15) is 32.1 Å². The fourth-order valence-electron chi connectivity index (χ4n) is 4.60. The molecule has 2 saturated heterocycles. The number of ether oxygens (including phenoxy) is 2. The second kappa shape index (κ2) is 9.47. The van der Waals surface area contributed by atoms with E-state index in [1.165, 1.54) is 51.4 Å². The van der Waals surface area contributed by atoms with Gasteiger partial charge >= 0.3 is 0 Å². The van der Waals surface area contributed by atoms with Crippen LogP contribution in [-0.2, 0) is 0 Å². The molecule has 0 bridgehead atoms. The van der Waals surface area contributed by atoms with E-state index >= 15 is 0 Å². The Labute approximate surface area is 177 Å². The van der Waals surface area contributed by atoms with Gasteiger partial charge in [0.2, 0.25) is 5.95 Å². The Hall–Kier alpha value is -2.61. The molecule has 2 aromatic rings. The molecule has 0 saturated carbocycles. The number of nitrogens with zero attached hydrogens (tertiary/aromatic N) is 3. The summed E-state index contributed by atoms with van der Waals surface area (Å²) in [5, 5.41) is 6.35. The van der Waals surface area contributed by atoms with Gasteiger partial charge in [-0.25, -0.2) is 9.37 Å². The Morgan fingerprint density at radius 3 is 2.60 bits per heavy atom. The summed E-state index contributed by atoms with van der Waals surface area (Å²) < 4.78 is 24.9. The Morgan fingerprint density at radius 1 is 1.07 bits per heavy atom. The fraction of sp³-hybridized carbons (Fsp3) is 0.545. The van der Waals surface area contributed by atoms with E-state index in [0.29, 0.717) is 35.1 Å². The third kappa shape index (κ3) is 4.75. The van der Waals surface area contributed by atoms with Crippen LogP contribution >= 0.6 is 0 Å². The number of anilines is 3. The molecule has 2 unspecified atom stereocenters. The first kappa shape index (κ1) is 20.7. The van der Waals surface area contributed by atoms with Crippen molar-refractivity contribution in [3.05, 3.63) is 30.2 Å². The van der Waals surface area contributed by atoms with Gasteiger partial charge < -0.3 is 25.0 Å². The Kier molecular flexibility index (Phi) is 6.52. The van der Waals surface area contributed by atoms with E-state index in [1.807, 2.05) is 12.1 Å². The van der Waals surface area contributed by atoms with Crippen LogP contribution in [0.2, 0.25) is 0 Å². The zero-order chi connectivity index (χ0) is 20.9. The number of aromatic nitrogens is 2. The van der Waals surface area contributed by atoms with E-state index in [9.17, 15) is 4.39 Å². The average Bonchev–Trinajstić information content (AvgIpc) is 2.79. The van der Waals surface area contributed by atoms with Crippen molar-refractivity contribution >= 4 is 17.5 Å². The molecule has 0 spiro atoms. The lowest BCUT2D eigenvalue weighted by atomic mass is 9.83. The molecule has 1 aromatic heterocycles. The van der Waals surface area contributed by atoms with Crippen LogP contribution in [0.5, 0.6) is 11.5 Å². The second-order valence-corrected chi connectivity index (χ2v) is 8.00. The highest BCUT2D eigenvalue weighted by Crippen LogP contribution is 2.31. The molecule has 3 heterocycles. The van der Waals surface area contributed by atoms with Gasteiger partial charge in [-0.15, -0.1) is 0 Å². The van der Waals surface area contributed by atoms with Crippen molar-refractivity contribution in [1.82, 2.24) is 14.9 Å².